The van der Waals surface area contributed by atoms with Gasteiger partial charge in [-0.3, -0.25) is 9.89 Å². The summed E-state index contributed by atoms with van der Waals surface area (Å²) in [6.45, 7) is 5.43. The van der Waals surface area contributed by atoms with E-state index in [-0.39, 0.29) is 22.3 Å². The van der Waals surface area contributed by atoms with E-state index in [1.807, 2.05) is 6.92 Å². The summed E-state index contributed by atoms with van der Waals surface area (Å²) in [5.41, 5.74) is 0.0807. The molecule has 0 fully saturated rings. The van der Waals surface area contributed by atoms with Crippen molar-refractivity contribution in [3.05, 3.63) is 11.4 Å². The lowest BCUT2D eigenvalue weighted by atomic mass is 10.1. The fraction of sp³-hybridized carbons (Fsp3) is 0.636. The number of carbonyl (C=O) groups is 1. The second kappa shape index (κ2) is 6.16. The highest BCUT2D eigenvalue weighted by molar-refractivity contribution is 7.89. The average Bonchev–Trinajstić information content (AvgIpc) is 2.68. The maximum absolute atomic E-state index is 12.0. The van der Waals surface area contributed by atoms with Gasteiger partial charge in [-0.05, 0) is 20.3 Å². The Balaban J connectivity index is 2.90. The number of carbonyl (C=O) groups excluding carboxylic acids is 1. The fourth-order valence-electron chi connectivity index (χ4n) is 1.80. The molecule has 0 saturated carbocycles. The van der Waals surface area contributed by atoms with Crippen molar-refractivity contribution < 1.29 is 13.2 Å². The zero-order valence-electron chi connectivity index (χ0n) is 11.4. The van der Waals surface area contributed by atoms with Gasteiger partial charge in [-0.2, -0.15) is 5.10 Å². The molecule has 1 amide bonds. The van der Waals surface area contributed by atoms with Gasteiger partial charge in [0, 0.05) is 6.04 Å². The Morgan fingerprint density at radius 3 is 2.68 bits per heavy atom. The summed E-state index contributed by atoms with van der Waals surface area (Å²) in [4.78, 5) is 11.7. The van der Waals surface area contributed by atoms with E-state index >= 15 is 0 Å². The Kier molecular flexibility index (Phi) is 5.07. The zero-order chi connectivity index (χ0) is 14.6. The van der Waals surface area contributed by atoms with Gasteiger partial charge in [-0.25, -0.2) is 13.6 Å². The molecule has 108 valence electrons. The van der Waals surface area contributed by atoms with Crippen LogP contribution in [0.25, 0.3) is 0 Å². The number of sulfonamides is 1. The Hall–Kier alpha value is -1.41. The molecule has 1 aromatic rings. The van der Waals surface area contributed by atoms with Crippen LogP contribution in [0.3, 0.4) is 0 Å². The number of aryl methyl sites for hydroxylation is 1. The van der Waals surface area contributed by atoms with Crippen molar-refractivity contribution in [3.8, 4) is 0 Å². The number of nitrogens with zero attached hydrogens (tertiary/aromatic N) is 1. The molecule has 4 N–H and O–H groups in total. The molecule has 0 radical (unpaired) electrons. The monoisotopic (exact) mass is 288 g/mol. The van der Waals surface area contributed by atoms with Crippen LogP contribution in [0.15, 0.2) is 4.90 Å². The van der Waals surface area contributed by atoms with Gasteiger partial charge in [0.15, 0.2) is 5.69 Å². The number of aromatic amines is 1. The van der Waals surface area contributed by atoms with Crippen LogP contribution in [0.5, 0.6) is 0 Å². The summed E-state index contributed by atoms with van der Waals surface area (Å²) in [5, 5.41) is 14.0. The SMILES string of the molecule is CCCCC(C)NC(=O)c1n[nH]c(C)c1S(N)(=O)=O. The molecule has 1 atom stereocenters. The molecule has 0 aliphatic carbocycles. The molecule has 1 aromatic heterocycles. The molecule has 1 unspecified atom stereocenters. The minimum Gasteiger partial charge on any atom is -0.348 e. The predicted octanol–water partition coefficient (Wildman–Crippen LogP) is 0.674. The number of hydrogen-bond donors (Lipinski definition) is 3. The Labute approximate surface area is 113 Å². The number of unbranched alkanes of at least 4 members (excludes halogenated alkanes) is 1. The molecule has 0 bridgehead atoms. The second-order valence-electron chi connectivity index (χ2n) is 4.59. The number of rotatable bonds is 6. The van der Waals surface area contributed by atoms with Crippen LogP contribution in [-0.2, 0) is 10.0 Å². The number of H-pyrrole nitrogens is 1. The van der Waals surface area contributed by atoms with Crippen molar-refractivity contribution in [1.29, 1.82) is 0 Å². The first kappa shape index (κ1) is 15.6. The lowest BCUT2D eigenvalue weighted by Crippen LogP contribution is -2.34. The third kappa shape index (κ3) is 4.03. The molecule has 1 rings (SSSR count). The standard InChI is InChI=1S/C11H20N4O3S/c1-4-5-6-7(2)13-11(16)9-10(19(12,17)18)8(3)14-15-9/h7H,4-6H2,1-3H3,(H,13,16)(H,14,15)(H2,12,17,18). The molecular formula is C11H20N4O3S. The van der Waals surface area contributed by atoms with Gasteiger partial charge in [0.05, 0.1) is 5.69 Å². The number of amides is 1. The molecule has 8 heteroatoms. The number of primary sulfonamides is 1. The first-order chi connectivity index (χ1) is 8.77. The van der Waals surface area contributed by atoms with Crippen molar-refractivity contribution in [2.75, 3.05) is 0 Å². The first-order valence-corrected chi connectivity index (χ1v) is 7.70. The minimum absolute atomic E-state index is 0.0437. The van der Waals surface area contributed by atoms with Gasteiger partial charge in [-0.1, -0.05) is 19.8 Å². The summed E-state index contributed by atoms with van der Waals surface area (Å²) in [5.74, 6) is -0.531. The van der Waals surface area contributed by atoms with Gasteiger partial charge in [0.25, 0.3) is 5.91 Å². The van der Waals surface area contributed by atoms with E-state index in [4.69, 9.17) is 5.14 Å². The zero-order valence-corrected chi connectivity index (χ0v) is 12.2. The Morgan fingerprint density at radius 2 is 2.16 bits per heavy atom. The van der Waals surface area contributed by atoms with Crippen LogP contribution in [0.1, 0.15) is 49.3 Å². The van der Waals surface area contributed by atoms with Crippen molar-refractivity contribution in [1.82, 2.24) is 15.5 Å². The van der Waals surface area contributed by atoms with Crippen LogP contribution in [0.4, 0.5) is 0 Å². The van der Waals surface area contributed by atoms with Gasteiger partial charge >= 0.3 is 0 Å². The van der Waals surface area contributed by atoms with Gasteiger partial charge < -0.3 is 5.32 Å². The molecule has 0 aliphatic heterocycles. The molecular weight excluding hydrogens is 268 g/mol. The highest BCUT2D eigenvalue weighted by Crippen LogP contribution is 2.16. The van der Waals surface area contributed by atoms with E-state index in [9.17, 15) is 13.2 Å². The molecule has 0 aromatic carbocycles. The van der Waals surface area contributed by atoms with E-state index in [1.165, 1.54) is 6.92 Å². The van der Waals surface area contributed by atoms with Crippen molar-refractivity contribution in [2.24, 2.45) is 5.14 Å². The number of nitrogens with one attached hydrogen (secondary N) is 2. The fourth-order valence-corrected chi connectivity index (χ4v) is 2.68. The quantitative estimate of drug-likeness (QED) is 0.713. The average molecular weight is 288 g/mol. The van der Waals surface area contributed by atoms with Crippen LogP contribution in [0, 0.1) is 6.92 Å². The maximum atomic E-state index is 12.0. The van der Waals surface area contributed by atoms with Gasteiger partial charge in [0.1, 0.15) is 4.90 Å². The van der Waals surface area contributed by atoms with E-state index in [1.54, 1.807) is 0 Å². The molecule has 0 saturated heterocycles. The smallest absolute Gasteiger partial charge is 0.273 e. The number of nitrogens with two attached hydrogens (primary N) is 1. The van der Waals surface area contributed by atoms with Crippen molar-refractivity contribution >= 4 is 15.9 Å². The number of hydrogen-bond acceptors (Lipinski definition) is 4. The van der Waals surface area contributed by atoms with Crippen LogP contribution >= 0.6 is 0 Å². The van der Waals surface area contributed by atoms with Crippen LogP contribution in [-0.4, -0.2) is 30.6 Å². The van der Waals surface area contributed by atoms with E-state index in [0.717, 1.165) is 19.3 Å². The lowest BCUT2D eigenvalue weighted by molar-refractivity contribution is 0.0929. The highest BCUT2D eigenvalue weighted by Gasteiger charge is 2.26. The van der Waals surface area contributed by atoms with Gasteiger partial charge in [-0.15, -0.1) is 0 Å². The molecule has 0 aliphatic rings. The van der Waals surface area contributed by atoms with E-state index in [0.29, 0.717) is 0 Å². The molecule has 7 nitrogen and oxygen atoms in total. The Morgan fingerprint density at radius 1 is 1.53 bits per heavy atom. The number of aromatic nitrogens is 2. The summed E-state index contributed by atoms with van der Waals surface area (Å²) in [7, 11) is -3.97. The summed E-state index contributed by atoms with van der Waals surface area (Å²) in [6, 6.07) is -0.0437. The second-order valence-corrected chi connectivity index (χ2v) is 6.09. The van der Waals surface area contributed by atoms with Crippen LogP contribution in [0.2, 0.25) is 0 Å². The normalized spacial score (nSPS) is 13.3. The minimum atomic E-state index is -3.97. The first-order valence-electron chi connectivity index (χ1n) is 6.16. The predicted molar refractivity (Wildman–Crippen MR) is 71.2 cm³/mol. The molecule has 0 spiro atoms. The van der Waals surface area contributed by atoms with Crippen LogP contribution < -0.4 is 10.5 Å². The van der Waals surface area contributed by atoms with Crippen molar-refractivity contribution in [3.63, 3.8) is 0 Å². The third-order valence-corrected chi connectivity index (χ3v) is 3.83. The largest absolute Gasteiger partial charge is 0.348 e. The molecule has 1 heterocycles. The highest BCUT2D eigenvalue weighted by atomic mass is 32.2. The lowest BCUT2D eigenvalue weighted by Gasteiger charge is -2.12. The van der Waals surface area contributed by atoms with E-state index < -0.39 is 15.9 Å². The molecule has 19 heavy (non-hydrogen) atoms. The summed E-state index contributed by atoms with van der Waals surface area (Å²) < 4.78 is 22.9. The van der Waals surface area contributed by atoms with E-state index in [2.05, 4.69) is 22.4 Å². The Bertz CT molecular complexity index is 550. The van der Waals surface area contributed by atoms with Crippen molar-refractivity contribution in [2.45, 2.75) is 51.0 Å². The topological polar surface area (TPSA) is 118 Å². The summed E-state index contributed by atoms with van der Waals surface area (Å²) in [6.07, 6.45) is 2.85. The third-order valence-electron chi connectivity index (χ3n) is 2.76. The summed E-state index contributed by atoms with van der Waals surface area (Å²) >= 11 is 0. The maximum Gasteiger partial charge on any atom is 0.273 e. The van der Waals surface area contributed by atoms with Gasteiger partial charge in [0.2, 0.25) is 10.0 Å².